The number of carbonyl (C=O) groups is 1. The normalized spacial score (nSPS) is 22.2. The minimum Gasteiger partial charge on any atom is -0.377 e. The quantitative estimate of drug-likeness (QED) is 0.781. The van der Waals surface area contributed by atoms with Crippen LogP contribution in [0.1, 0.15) is 33.6 Å². The smallest absolute Gasteiger partial charge is 0.223 e. The molecule has 0 aromatic rings. The molecule has 0 bridgehead atoms. The van der Waals surface area contributed by atoms with E-state index in [1.165, 1.54) is 0 Å². The zero-order chi connectivity index (χ0) is 12.0. The van der Waals surface area contributed by atoms with Crippen LogP contribution in [0.25, 0.3) is 0 Å². The maximum atomic E-state index is 11.9. The first-order chi connectivity index (χ1) is 7.59. The van der Waals surface area contributed by atoms with Crippen LogP contribution in [-0.4, -0.2) is 49.2 Å². The van der Waals surface area contributed by atoms with Crippen LogP contribution in [0.15, 0.2) is 0 Å². The van der Waals surface area contributed by atoms with E-state index < -0.39 is 0 Å². The molecule has 4 heteroatoms. The zero-order valence-corrected chi connectivity index (χ0v) is 10.7. The number of nitrogens with one attached hydrogen (secondary N) is 1. The largest absolute Gasteiger partial charge is 0.377 e. The third-order valence-electron chi connectivity index (χ3n) is 2.70. The summed E-state index contributed by atoms with van der Waals surface area (Å²) in [5.74, 6) is 0.241. The Balaban J connectivity index is 2.28. The molecule has 1 N–H and O–H groups in total. The van der Waals surface area contributed by atoms with Gasteiger partial charge in [0.15, 0.2) is 0 Å². The fourth-order valence-corrected chi connectivity index (χ4v) is 1.85. The van der Waals surface area contributed by atoms with Crippen molar-refractivity contribution in [3.8, 4) is 0 Å². The van der Waals surface area contributed by atoms with Crippen LogP contribution < -0.4 is 5.32 Å². The Morgan fingerprint density at radius 2 is 2.31 bits per heavy atom. The van der Waals surface area contributed by atoms with E-state index in [4.69, 9.17) is 4.74 Å². The third kappa shape index (κ3) is 4.94. The van der Waals surface area contributed by atoms with Crippen molar-refractivity contribution in [2.24, 2.45) is 0 Å². The molecular formula is C12H24N2O2. The van der Waals surface area contributed by atoms with Gasteiger partial charge in [-0.3, -0.25) is 4.79 Å². The fourth-order valence-electron chi connectivity index (χ4n) is 1.85. The van der Waals surface area contributed by atoms with Crippen LogP contribution in [0.4, 0.5) is 0 Å². The summed E-state index contributed by atoms with van der Waals surface area (Å²) in [6.07, 6.45) is 1.71. The molecule has 1 heterocycles. The first-order valence-electron chi connectivity index (χ1n) is 6.22. The van der Waals surface area contributed by atoms with Gasteiger partial charge in [0.25, 0.3) is 0 Å². The van der Waals surface area contributed by atoms with Gasteiger partial charge in [0, 0.05) is 38.7 Å². The van der Waals surface area contributed by atoms with Crippen molar-refractivity contribution in [2.75, 3.05) is 26.2 Å². The van der Waals surface area contributed by atoms with Gasteiger partial charge < -0.3 is 15.0 Å². The summed E-state index contributed by atoms with van der Waals surface area (Å²) in [4.78, 5) is 13.8. The first kappa shape index (κ1) is 13.5. The molecule has 0 aromatic heterocycles. The maximum absolute atomic E-state index is 11.9. The van der Waals surface area contributed by atoms with E-state index in [0.29, 0.717) is 12.5 Å². The first-order valence-corrected chi connectivity index (χ1v) is 6.22. The average Bonchev–Trinajstić information content (AvgIpc) is 2.42. The number of hydrogen-bond acceptors (Lipinski definition) is 3. The summed E-state index contributed by atoms with van der Waals surface area (Å²) in [6, 6.07) is 0.444. The van der Waals surface area contributed by atoms with Gasteiger partial charge in [0.05, 0.1) is 6.10 Å². The van der Waals surface area contributed by atoms with Crippen LogP contribution in [-0.2, 0) is 9.53 Å². The van der Waals surface area contributed by atoms with E-state index >= 15 is 0 Å². The van der Waals surface area contributed by atoms with E-state index in [0.717, 1.165) is 32.7 Å². The second-order valence-electron chi connectivity index (χ2n) is 4.73. The molecule has 94 valence electrons. The predicted molar refractivity (Wildman–Crippen MR) is 64.4 cm³/mol. The molecule has 16 heavy (non-hydrogen) atoms. The lowest BCUT2D eigenvalue weighted by Crippen LogP contribution is -2.38. The highest BCUT2D eigenvalue weighted by molar-refractivity contribution is 5.76. The van der Waals surface area contributed by atoms with Gasteiger partial charge in [-0.05, 0) is 13.3 Å². The highest BCUT2D eigenvalue weighted by Gasteiger charge is 2.19. The average molecular weight is 228 g/mol. The summed E-state index contributed by atoms with van der Waals surface area (Å²) in [5.41, 5.74) is 0. The Kier molecular flexibility index (Phi) is 5.77. The van der Waals surface area contributed by atoms with Crippen molar-refractivity contribution in [1.29, 1.82) is 0 Å². The molecular weight excluding hydrogens is 204 g/mol. The minimum atomic E-state index is 0.171. The lowest BCUT2D eigenvalue weighted by molar-refractivity contribution is -0.131. The van der Waals surface area contributed by atoms with Crippen molar-refractivity contribution in [2.45, 2.75) is 45.8 Å². The molecule has 0 spiro atoms. The minimum absolute atomic E-state index is 0.171. The van der Waals surface area contributed by atoms with Crippen molar-refractivity contribution < 1.29 is 9.53 Å². The molecule has 0 radical (unpaired) electrons. The fraction of sp³-hybridized carbons (Fsp3) is 0.917. The lowest BCUT2D eigenvalue weighted by atomic mass is 10.3. The topological polar surface area (TPSA) is 41.6 Å². The summed E-state index contributed by atoms with van der Waals surface area (Å²) < 4.78 is 5.52. The second-order valence-corrected chi connectivity index (χ2v) is 4.73. The van der Waals surface area contributed by atoms with Gasteiger partial charge >= 0.3 is 0 Å². The Bertz CT molecular complexity index is 219. The van der Waals surface area contributed by atoms with Gasteiger partial charge in [0.1, 0.15) is 0 Å². The molecule has 1 atom stereocenters. The summed E-state index contributed by atoms with van der Waals surface area (Å²) in [7, 11) is 0. The Morgan fingerprint density at radius 1 is 1.56 bits per heavy atom. The van der Waals surface area contributed by atoms with Gasteiger partial charge in [0.2, 0.25) is 5.91 Å². The van der Waals surface area contributed by atoms with E-state index in [1.54, 1.807) is 0 Å². The lowest BCUT2D eigenvalue weighted by Gasteiger charge is -2.22. The molecule has 0 aliphatic carbocycles. The summed E-state index contributed by atoms with van der Waals surface area (Å²) >= 11 is 0. The number of amides is 1. The van der Waals surface area contributed by atoms with Crippen LogP contribution in [0.3, 0.4) is 0 Å². The van der Waals surface area contributed by atoms with E-state index in [2.05, 4.69) is 19.2 Å². The Hall–Kier alpha value is -0.610. The molecule has 1 unspecified atom stereocenters. The summed E-state index contributed by atoms with van der Waals surface area (Å²) in [6.45, 7) is 9.32. The third-order valence-corrected chi connectivity index (χ3v) is 2.70. The molecule has 1 aliphatic heterocycles. The Labute approximate surface area is 98.3 Å². The molecule has 1 aliphatic rings. The van der Waals surface area contributed by atoms with Crippen molar-refractivity contribution in [1.82, 2.24) is 10.2 Å². The molecule has 0 aromatic carbocycles. The van der Waals surface area contributed by atoms with Crippen LogP contribution in [0.5, 0.6) is 0 Å². The van der Waals surface area contributed by atoms with E-state index in [-0.39, 0.29) is 12.0 Å². The number of hydrogen-bond donors (Lipinski definition) is 1. The number of nitrogens with zero attached hydrogens (tertiary/aromatic N) is 1. The molecule has 0 saturated carbocycles. The van der Waals surface area contributed by atoms with E-state index in [1.807, 2.05) is 11.8 Å². The number of carbonyl (C=O) groups excluding carboxylic acids is 1. The van der Waals surface area contributed by atoms with Crippen molar-refractivity contribution >= 4 is 5.91 Å². The van der Waals surface area contributed by atoms with Gasteiger partial charge in [-0.2, -0.15) is 0 Å². The highest BCUT2D eigenvalue weighted by atomic mass is 16.5. The molecule has 1 rings (SSSR count). The standard InChI is InChI=1S/C12H24N2O2/c1-10(2)13-6-5-12(15)14-7-4-8-16-11(3)9-14/h10-11,13H,4-9H2,1-3H3. The molecule has 1 fully saturated rings. The van der Waals surface area contributed by atoms with Crippen LogP contribution in [0.2, 0.25) is 0 Å². The SMILES string of the molecule is CC(C)NCCC(=O)N1CCCOC(C)C1. The molecule has 1 saturated heterocycles. The monoisotopic (exact) mass is 228 g/mol. The maximum Gasteiger partial charge on any atom is 0.223 e. The Morgan fingerprint density at radius 3 is 3.00 bits per heavy atom. The van der Waals surface area contributed by atoms with Crippen molar-refractivity contribution in [3.05, 3.63) is 0 Å². The van der Waals surface area contributed by atoms with E-state index in [9.17, 15) is 4.79 Å². The van der Waals surface area contributed by atoms with Gasteiger partial charge in [-0.15, -0.1) is 0 Å². The summed E-state index contributed by atoms with van der Waals surface area (Å²) in [5, 5.41) is 3.26. The van der Waals surface area contributed by atoms with Gasteiger partial charge in [-0.1, -0.05) is 13.8 Å². The number of rotatable bonds is 4. The molecule has 1 amide bonds. The van der Waals surface area contributed by atoms with Crippen LogP contribution in [0, 0.1) is 0 Å². The van der Waals surface area contributed by atoms with Crippen molar-refractivity contribution in [3.63, 3.8) is 0 Å². The number of ether oxygens (including phenoxy) is 1. The molecule has 4 nitrogen and oxygen atoms in total. The second kappa shape index (κ2) is 6.86. The predicted octanol–water partition coefficient (Wildman–Crippen LogP) is 1.01. The van der Waals surface area contributed by atoms with Crippen LogP contribution >= 0.6 is 0 Å². The zero-order valence-electron chi connectivity index (χ0n) is 10.7. The highest BCUT2D eigenvalue weighted by Crippen LogP contribution is 2.06. The van der Waals surface area contributed by atoms with Gasteiger partial charge in [-0.25, -0.2) is 0 Å².